The third-order valence-corrected chi connectivity index (χ3v) is 4.10. The van der Waals surface area contributed by atoms with Gasteiger partial charge in [0.05, 0.1) is 10.7 Å². The van der Waals surface area contributed by atoms with Gasteiger partial charge in [0, 0.05) is 17.9 Å². The van der Waals surface area contributed by atoms with Crippen molar-refractivity contribution in [3.05, 3.63) is 64.8 Å². The predicted octanol–water partition coefficient (Wildman–Crippen LogP) is 4.31. The summed E-state index contributed by atoms with van der Waals surface area (Å²) in [5, 5.41) is 15.8. The molecule has 0 atom stereocenters. The van der Waals surface area contributed by atoms with Crippen LogP contribution in [0.15, 0.2) is 59.2 Å². The Bertz CT molecular complexity index is 955. The molecule has 0 amide bonds. The quantitative estimate of drug-likeness (QED) is 0.490. The zero-order valence-electron chi connectivity index (χ0n) is 14.3. The highest BCUT2D eigenvalue weighted by Crippen LogP contribution is 2.25. The summed E-state index contributed by atoms with van der Waals surface area (Å²) in [7, 11) is 0. The van der Waals surface area contributed by atoms with Crippen LogP contribution in [0, 0.1) is 12.3 Å². The molecule has 1 heterocycles. The molecular formula is C20H17BrN4O2. The second kappa shape index (κ2) is 8.92. The average molecular weight is 425 g/mol. The second-order valence-electron chi connectivity index (χ2n) is 5.57. The summed E-state index contributed by atoms with van der Waals surface area (Å²) in [6, 6.07) is 14.8. The predicted molar refractivity (Wildman–Crippen MR) is 109 cm³/mol. The number of halogens is 1. The van der Waals surface area contributed by atoms with Crippen LogP contribution in [-0.2, 0) is 6.54 Å². The van der Waals surface area contributed by atoms with E-state index in [2.05, 4.69) is 42.5 Å². The minimum absolute atomic E-state index is 0.131. The van der Waals surface area contributed by atoms with Crippen LogP contribution < -0.4 is 15.4 Å². The van der Waals surface area contributed by atoms with E-state index in [1.807, 2.05) is 36.4 Å². The Morgan fingerprint density at radius 3 is 2.70 bits per heavy atom. The van der Waals surface area contributed by atoms with Gasteiger partial charge in [-0.3, -0.25) is 0 Å². The van der Waals surface area contributed by atoms with E-state index in [9.17, 15) is 5.11 Å². The van der Waals surface area contributed by atoms with Crippen molar-refractivity contribution in [3.63, 3.8) is 0 Å². The van der Waals surface area contributed by atoms with Gasteiger partial charge in [0.2, 0.25) is 11.8 Å². The fourth-order valence-electron chi connectivity index (χ4n) is 2.28. The normalized spacial score (nSPS) is 10.1. The van der Waals surface area contributed by atoms with Gasteiger partial charge in [-0.25, -0.2) is 4.98 Å². The number of aromatic nitrogens is 2. The molecule has 0 fully saturated rings. The maximum absolute atomic E-state index is 9.34. The Kier molecular flexibility index (Phi) is 6.13. The lowest BCUT2D eigenvalue weighted by atomic mass is 10.2. The Morgan fingerprint density at radius 2 is 1.93 bits per heavy atom. The monoisotopic (exact) mass is 424 g/mol. The lowest BCUT2D eigenvalue weighted by Crippen LogP contribution is -2.03. The van der Waals surface area contributed by atoms with Gasteiger partial charge in [0.25, 0.3) is 0 Å². The molecule has 0 radical (unpaired) electrons. The first-order valence-electron chi connectivity index (χ1n) is 8.12. The third-order valence-electron chi connectivity index (χ3n) is 3.56. The highest BCUT2D eigenvalue weighted by Gasteiger charge is 2.07. The standard InChI is InChI=1S/C20H17BrN4O2/c1-2-10-27-19-18(21)13-23-20(25-19)24-16-5-3-4-15(11-16)22-12-14-6-8-17(26)9-7-14/h1,3-9,11,13,22,26H,10,12H2,(H,23,24,25). The molecule has 3 aromatic rings. The molecule has 7 heteroatoms. The van der Waals surface area contributed by atoms with Gasteiger partial charge < -0.3 is 20.5 Å². The number of hydrogen-bond acceptors (Lipinski definition) is 6. The summed E-state index contributed by atoms with van der Waals surface area (Å²) in [6.45, 7) is 0.772. The van der Waals surface area contributed by atoms with Crippen LogP contribution in [0.4, 0.5) is 17.3 Å². The fourth-order valence-corrected chi connectivity index (χ4v) is 2.58. The van der Waals surface area contributed by atoms with E-state index in [4.69, 9.17) is 11.2 Å². The number of hydrogen-bond donors (Lipinski definition) is 3. The van der Waals surface area contributed by atoms with Crippen LogP contribution >= 0.6 is 15.9 Å². The Hall–Kier alpha value is -3.24. The molecule has 0 aliphatic heterocycles. The molecule has 0 aliphatic carbocycles. The summed E-state index contributed by atoms with van der Waals surface area (Å²) in [4.78, 5) is 8.53. The van der Waals surface area contributed by atoms with Gasteiger partial charge in [0.15, 0.2) is 6.61 Å². The molecule has 0 bridgehead atoms. The summed E-state index contributed by atoms with van der Waals surface area (Å²) >= 11 is 3.33. The van der Waals surface area contributed by atoms with Crippen LogP contribution in [0.1, 0.15) is 5.56 Å². The van der Waals surface area contributed by atoms with Crippen molar-refractivity contribution in [2.45, 2.75) is 6.54 Å². The van der Waals surface area contributed by atoms with Crippen LogP contribution in [0.25, 0.3) is 0 Å². The second-order valence-corrected chi connectivity index (χ2v) is 6.42. The highest BCUT2D eigenvalue weighted by molar-refractivity contribution is 9.10. The Balaban J connectivity index is 1.67. The maximum atomic E-state index is 9.34. The molecule has 0 saturated carbocycles. The molecular weight excluding hydrogens is 408 g/mol. The molecule has 3 N–H and O–H groups in total. The molecule has 27 heavy (non-hydrogen) atoms. The van der Waals surface area contributed by atoms with Gasteiger partial charge in [-0.15, -0.1) is 6.42 Å². The molecule has 136 valence electrons. The number of phenolic OH excluding ortho intramolecular Hbond substituents is 1. The van der Waals surface area contributed by atoms with Crippen LogP contribution in [-0.4, -0.2) is 21.7 Å². The Morgan fingerprint density at radius 1 is 1.15 bits per heavy atom. The zero-order valence-corrected chi connectivity index (χ0v) is 15.9. The van der Waals surface area contributed by atoms with E-state index in [-0.39, 0.29) is 12.4 Å². The summed E-state index contributed by atoms with van der Waals surface area (Å²) in [5.41, 5.74) is 2.84. The largest absolute Gasteiger partial charge is 0.508 e. The number of benzene rings is 2. The molecule has 0 saturated heterocycles. The third kappa shape index (κ3) is 5.36. The fraction of sp³-hybridized carbons (Fsp3) is 0.100. The van der Waals surface area contributed by atoms with Gasteiger partial charge in [0.1, 0.15) is 5.75 Å². The van der Waals surface area contributed by atoms with E-state index in [0.717, 1.165) is 16.9 Å². The lowest BCUT2D eigenvalue weighted by molar-refractivity contribution is 0.353. The Labute approximate surface area is 165 Å². The van der Waals surface area contributed by atoms with Gasteiger partial charge in [-0.1, -0.05) is 24.1 Å². The minimum atomic E-state index is 0.131. The van der Waals surface area contributed by atoms with Crippen molar-refractivity contribution in [3.8, 4) is 24.0 Å². The first-order valence-corrected chi connectivity index (χ1v) is 8.91. The van der Waals surface area contributed by atoms with Crippen molar-refractivity contribution < 1.29 is 9.84 Å². The first-order chi connectivity index (χ1) is 13.1. The van der Waals surface area contributed by atoms with E-state index in [0.29, 0.717) is 22.8 Å². The SMILES string of the molecule is C#CCOc1nc(Nc2cccc(NCc3ccc(O)cc3)c2)ncc1Br. The number of terminal acetylenes is 1. The van der Waals surface area contributed by atoms with Crippen molar-refractivity contribution >= 4 is 33.3 Å². The topological polar surface area (TPSA) is 79.3 Å². The van der Waals surface area contributed by atoms with Crippen molar-refractivity contribution in [1.29, 1.82) is 0 Å². The van der Waals surface area contributed by atoms with Gasteiger partial charge >= 0.3 is 0 Å². The lowest BCUT2D eigenvalue weighted by Gasteiger charge is -2.11. The van der Waals surface area contributed by atoms with Crippen molar-refractivity contribution in [2.75, 3.05) is 17.2 Å². The van der Waals surface area contributed by atoms with Crippen molar-refractivity contribution in [1.82, 2.24) is 9.97 Å². The number of rotatable bonds is 7. The molecule has 2 aromatic carbocycles. The van der Waals surface area contributed by atoms with E-state index in [1.54, 1.807) is 18.3 Å². The summed E-state index contributed by atoms with van der Waals surface area (Å²) in [6.07, 6.45) is 6.82. The summed E-state index contributed by atoms with van der Waals surface area (Å²) in [5.74, 6) is 3.44. The number of nitrogens with one attached hydrogen (secondary N) is 2. The number of aromatic hydroxyl groups is 1. The highest BCUT2D eigenvalue weighted by atomic mass is 79.9. The number of nitrogens with zero attached hydrogens (tertiary/aromatic N) is 2. The van der Waals surface area contributed by atoms with Crippen LogP contribution in [0.2, 0.25) is 0 Å². The van der Waals surface area contributed by atoms with E-state index >= 15 is 0 Å². The number of ether oxygens (including phenoxy) is 1. The molecule has 0 spiro atoms. The first kappa shape index (κ1) is 18.5. The van der Waals surface area contributed by atoms with E-state index in [1.165, 1.54) is 0 Å². The number of phenols is 1. The average Bonchev–Trinajstić information content (AvgIpc) is 2.68. The maximum Gasteiger partial charge on any atom is 0.233 e. The zero-order chi connectivity index (χ0) is 19.1. The molecule has 3 rings (SSSR count). The molecule has 6 nitrogen and oxygen atoms in total. The van der Waals surface area contributed by atoms with Gasteiger partial charge in [-0.05, 0) is 51.8 Å². The molecule has 0 unspecified atom stereocenters. The smallest absolute Gasteiger partial charge is 0.233 e. The van der Waals surface area contributed by atoms with Crippen LogP contribution in [0.3, 0.4) is 0 Å². The van der Waals surface area contributed by atoms with E-state index < -0.39 is 0 Å². The van der Waals surface area contributed by atoms with Gasteiger partial charge in [-0.2, -0.15) is 4.98 Å². The molecule has 1 aromatic heterocycles. The van der Waals surface area contributed by atoms with Crippen molar-refractivity contribution in [2.24, 2.45) is 0 Å². The molecule has 0 aliphatic rings. The van der Waals surface area contributed by atoms with Crippen LogP contribution in [0.5, 0.6) is 11.6 Å². The summed E-state index contributed by atoms with van der Waals surface area (Å²) < 4.78 is 6.01. The number of anilines is 3. The minimum Gasteiger partial charge on any atom is -0.508 e.